The average Bonchev–Trinajstić information content (AvgIpc) is 3.00. The predicted octanol–water partition coefficient (Wildman–Crippen LogP) is 8.88. The van der Waals surface area contributed by atoms with E-state index in [9.17, 15) is 0 Å². The van der Waals surface area contributed by atoms with Crippen molar-refractivity contribution in [2.75, 3.05) is 0 Å². The molecule has 7 rings (SSSR count). The minimum absolute atomic E-state index is 0.545. The van der Waals surface area contributed by atoms with Crippen LogP contribution in [0.4, 0.5) is 5.69 Å². The van der Waals surface area contributed by atoms with Gasteiger partial charge in [0.15, 0.2) is 5.69 Å². The van der Waals surface area contributed by atoms with Gasteiger partial charge in [-0.2, -0.15) is 0 Å². The molecular formula is C34H20N4. The van der Waals surface area contributed by atoms with Crippen molar-refractivity contribution in [2.24, 2.45) is 0 Å². The van der Waals surface area contributed by atoms with E-state index >= 15 is 0 Å². The van der Waals surface area contributed by atoms with Crippen LogP contribution in [0.3, 0.4) is 0 Å². The molecule has 38 heavy (non-hydrogen) atoms. The first-order valence-electron chi connectivity index (χ1n) is 12.4. The summed E-state index contributed by atoms with van der Waals surface area (Å²) < 4.78 is 0. The second-order valence-corrected chi connectivity index (χ2v) is 9.12. The Morgan fingerprint density at radius 1 is 0.474 bits per heavy atom. The van der Waals surface area contributed by atoms with Crippen molar-refractivity contribution in [1.29, 1.82) is 0 Å². The lowest BCUT2D eigenvalue weighted by Crippen LogP contribution is -1.98. The molecule has 0 atom stereocenters. The van der Waals surface area contributed by atoms with Gasteiger partial charge in [0.2, 0.25) is 0 Å². The highest BCUT2D eigenvalue weighted by Crippen LogP contribution is 2.43. The molecule has 0 N–H and O–H groups in total. The Morgan fingerprint density at radius 2 is 0.974 bits per heavy atom. The fraction of sp³-hybridized carbons (Fsp3) is 0. The Balaban J connectivity index is 1.71. The predicted molar refractivity (Wildman–Crippen MR) is 155 cm³/mol. The van der Waals surface area contributed by atoms with Crippen molar-refractivity contribution >= 4 is 38.4 Å². The molecule has 5 aromatic carbocycles. The van der Waals surface area contributed by atoms with E-state index in [1.165, 1.54) is 0 Å². The molecule has 0 aliphatic heterocycles. The minimum atomic E-state index is 0.545. The van der Waals surface area contributed by atoms with Crippen molar-refractivity contribution in [3.8, 4) is 33.8 Å². The lowest BCUT2D eigenvalue weighted by molar-refractivity contribution is 1.30. The van der Waals surface area contributed by atoms with E-state index in [4.69, 9.17) is 21.5 Å². The molecule has 0 aliphatic rings. The molecule has 4 heteroatoms. The molecule has 176 valence electrons. The maximum absolute atomic E-state index is 8.10. The zero-order valence-electron chi connectivity index (χ0n) is 20.3. The molecule has 0 bridgehead atoms. The molecule has 0 spiro atoms. The molecule has 0 aliphatic carbocycles. The molecule has 2 aromatic heterocycles. The van der Waals surface area contributed by atoms with Crippen molar-refractivity contribution < 1.29 is 0 Å². The molecule has 0 unspecified atom stereocenters. The fourth-order valence-corrected chi connectivity index (χ4v) is 5.13. The van der Waals surface area contributed by atoms with E-state index in [1.54, 1.807) is 0 Å². The van der Waals surface area contributed by atoms with Crippen LogP contribution in [-0.2, 0) is 0 Å². The third kappa shape index (κ3) is 3.49. The first-order chi connectivity index (χ1) is 18.8. The van der Waals surface area contributed by atoms with Gasteiger partial charge in [0.05, 0.1) is 40.2 Å². The lowest BCUT2D eigenvalue weighted by atomic mass is 9.96. The first kappa shape index (κ1) is 21.8. The van der Waals surface area contributed by atoms with Gasteiger partial charge < -0.3 is 0 Å². The Morgan fingerprint density at radius 3 is 1.58 bits per heavy atom. The third-order valence-electron chi connectivity index (χ3n) is 6.84. The van der Waals surface area contributed by atoms with Gasteiger partial charge in [-0.25, -0.2) is 19.8 Å². The van der Waals surface area contributed by atoms with Gasteiger partial charge in [-0.05, 0) is 17.5 Å². The highest BCUT2D eigenvalue weighted by Gasteiger charge is 2.21. The van der Waals surface area contributed by atoms with E-state index in [0.29, 0.717) is 11.2 Å². The minimum Gasteiger partial charge on any atom is -0.247 e. The van der Waals surface area contributed by atoms with Crippen molar-refractivity contribution in [3.05, 3.63) is 133 Å². The summed E-state index contributed by atoms with van der Waals surface area (Å²) in [6, 6.07) is 40.2. The molecular weight excluding hydrogens is 464 g/mol. The Labute approximate surface area is 219 Å². The summed E-state index contributed by atoms with van der Waals surface area (Å²) in [6.07, 6.45) is 0. The smallest absolute Gasteiger partial charge is 0.197 e. The van der Waals surface area contributed by atoms with Gasteiger partial charge >= 0.3 is 0 Å². The van der Waals surface area contributed by atoms with Crippen LogP contribution in [0.15, 0.2) is 121 Å². The number of pyridine rings is 1. The molecule has 0 saturated carbocycles. The summed E-state index contributed by atoms with van der Waals surface area (Å²) in [7, 11) is 0. The highest BCUT2D eigenvalue weighted by molar-refractivity contribution is 6.24. The van der Waals surface area contributed by atoms with Gasteiger partial charge in [0, 0.05) is 27.5 Å². The molecule has 0 radical (unpaired) electrons. The number of benzene rings is 5. The van der Waals surface area contributed by atoms with Crippen LogP contribution in [0.5, 0.6) is 0 Å². The zero-order chi connectivity index (χ0) is 25.5. The zero-order valence-corrected chi connectivity index (χ0v) is 20.3. The van der Waals surface area contributed by atoms with E-state index in [2.05, 4.69) is 29.1 Å². The van der Waals surface area contributed by atoms with E-state index in [-0.39, 0.29) is 0 Å². The molecule has 2 heterocycles. The van der Waals surface area contributed by atoms with Crippen LogP contribution in [-0.4, -0.2) is 15.0 Å². The summed E-state index contributed by atoms with van der Waals surface area (Å²) in [5.41, 5.74) is 8.13. The average molecular weight is 485 g/mol. The summed E-state index contributed by atoms with van der Waals surface area (Å²) in [6.45, 7) is 8.10. The quantitative estimate of drug-likeness (QED) is 0.186. The van der Waals surface area contributed by atoms with Crippen molar-refractivity contribution in [2.45, 2.75) is 0 Å². The van der Waals surface area contributed by atoms with Crippen LogP contribution >= 0.6 is 0 Å². The van der Waals surface area contributed by atoms with Gasteiger partial charge in [0.1, 0.15) is 0 Å². The third-order valence-corrected chi connectivity index (χ3v) is 6.84. The van der Waals surface area contributed by atoms with Crippen LogP contribution < -0.4 is 0 Å². The van der Waals surface area contributed by atoms with Gasteiger partial charge in [-0.3, -0.25) is 0 Å². The number of aromatic nitrogens is 3. The Hall–Kier alpha value is -5.40. The normalized spacial score (nSPS) is 11.1. The number of hydrogen-bond donors (Lipinski definition) is 0. The number of nitrogens with zero attached hydrogens (tertiary/aromatic N) is 4. The van der Waals surface area contributed by atoms with Crippen LogP contribution in [0.25, 0.3) is 71.3 Å². The lowest BCUT2D eigenvalue weighted by Gasteiger charge is -2.16. The number of rotatable bonds is 3. The molecule has 7 aromatic rings. The van der Waals surface area contributed by atoms with Crippen molar-refractivity contribution in [3.63, 3.8) is 0 Å². The molecule has 4 nitrogen and oxygen atoms in total. The first-order valence-corrected chi connectivity index (χ1v) is 12.4. The highest BCUT2D eigenvalue weighted by atomic mass is 14.8. The van der Waals surface area contributed by atoms with E-state index < -0.39 is 0 Å². The molecule has 0 amide bonds. The summed E-state index contributed by atoms with van der Waals surface area (Å²) >= 11 is 0. The largest absolute Gasteiger partial charge is 0.247 e. The Bertz CT molecular complexity index is 2010. The molecule has 0 saturated heterocycles. The topological polar surface area (TPSA) is 43.0 Å². The summed E-state index contributed by atoms with van der Waals surface area (Å²) in [4.78, 5) is 19.6. The SMILES string of the molecule is [C-]#[N+]c1cc2nc(-c3ccccc3)c(-c3ccccc3)nc2c2c(-c3ccccc3)nc3ccccc3c12. The second kappa shape index (κ2) is 8.92. The van der Waals surface area contributed by atoms with Crippen molar-refractivity contribution in [1.82, 2.24) is 15.0 Å². The van der Waals surface area contributed by atoms with Gasteiger partial charge in [-0.15, -0.1) is 0 Å². The van der Waals surface area contributed by atoms with Crippen LogP contribution in [0.2, 0.25) is 0 Å². The van der Waals surface area contributed by atoms with Crippen LogP contribution in [0, 0.1) is 6.57 Å². The van der Waals surface area contributed by atoms with Crippen LogP contribution in [0.1, 0.15) is 0 Å². The number of hydrogen-bond acceptors (Lipinski definition) is 3. The molecule has 0 fully saturated rings. The second-order valence-electron chi connectivity index (χ2n) is 9.12. The van der Waals surface area contributed by atoms with E-state index in [1.807, 2.05) is 97.1 Å². The Kier molecular flexibility index (Phi) is 5.13. The summed E-state index contributed by atoms with van der Waals surface area (Å²) in [5.74, 6) is 0. The van der Waals surface area contributed by atoms with Gasteiger partial charge in [-0.1, -0.05) is 109 Å². The summed E-state index contributed by atoms with van der Waals surface area (Å²) in [5, 5.41) is 2.64. The van der Waals surface area contributed by atoms with E-state index in [0.717, 1.165) is 61.0 Å². The fourth-order valence-electron chi connectivity index (χ4n) is 5.13. The monoisotopic (exact) mass is 484 g/mol. The maximum atomic E-state index is 8.10. The standard InChI is InChI=1S/C34H20N4/c1-35-27-21-28-34(38-33(24-17-9-4-10-18-24)32(37-28)23-15-7-3-8-16-23)30-29(27)25-19-11-12-20-26(25)36-31(30)22-13-5-2-6-14-22/h2-21H. The number of para-hydroxylation sites is 1. The maximum Gasteiger partial charge on any atom is 0.197 e. The number of fused-ring (bicyclic) bond motifs is 5. The van der Waals surface area contributed by atoms with Gasteiger partial charge in [0.25, 0.3) is 0 Å².